The first-order valence-electron chi connectivity index (χ1n) is 16.7. The normalized spacial score (nSPS) is 15.0. The van der Waals surface area contributed by atoms with Gasteiger partial charge in [-0.3, -0.25) is 4.79 Å². The van der Waals surface area contributed by atoms with Gasteiger partial charge in [-0.05, 0) is 97.5 Å². The smallest absolute Gasteiger partial charge is 0.220 e. The fourth-order valence-electron chi connectivity index (χ4n) is 5.84. The Labute approximate surface area is 280 Å². The lowest BCUT2D eigenvalue weighted by atomic mass is 9.97. The molecular formula is C35H45N5O6S. The molecule has 2 aliphatic rings. The molecule has 0 unspecified atom stereocenters. The number of azide groups is 1. The number of benzene rings is 2. The summed E-state index contributed by atoms with van der Waals surface area (Å²) in [4.78, 5) is 21.5. The maximum atomic E-state index is 12.5. The van der Waals surface area contributed by atoms with E-state index in [4.69, 9.17) is 34.2 Å². The molecule has 0 fully saturated rings. The summed E-state index contributed by atoms with van der Waals surface area (Å²) in [6, 6.07) is 14.5. The average molecular weight is 664 g/mol. The number of hydrogen-bond donors (Lipinski definition) is 1. The maximum absolute atomic E-state index is 12.5. The number of hydrogen-bond acceptors (Lipinski definition) is 9. The molecule has 0 saturated carbocycles. The Hall–Kier alpha value is -3.67. The van der Waals surface area contributed by atoms with Crippen LogP contribution in [0.3, 0.4) is 0 Å². The SMILES string of the molecule is [N-]=[N+]=NCCOCCOCCOCCNC(=O)C[C@@H]1CCc2cc(OCCCOc3ccc(-c4nc5c(s4)CCCC5)cc3)ccc21. The van der Waals surface area contributed by atoms with Gasteiger partial charge in [0.2, 0.25) is 5.91 Å². The molecule has 1 amide bonds. The minimum atomic E-state index is 0.0393. The van der Waals surface area contributed by atoms with Gasteiger partial charge in [0.1, 0.15) is 16.5 Å². The van der Waals surface area contributed by atoms with Gasteiger partial charge in [-0.15, -0.1) is 11.3 Å². The highest BCUT2D eigenvalue weighted by molar-refractivity contribution is 7.15. The van der Waals surface area contributed by atoms with E-state index < -0.39 is 0 Å². The predicted octanol–water partition coefficient (Wildman–Crippen LogP) is 6.43. The molecule has 1 aromatic heterocycles. The van der Waals surface area contributed by atoms with Gasteiger partial charge in [-0.1, -0.05) is 11.2 Å². The van der Waals surface area contributed by atoms with Crippen molar-refractivity contribution in [3.8, 4) is 22.1 Å². The summed E-state index contributed by atoms with van der Waals surface area (Å²) in [6.45, 7) is 4.57. The van der Waals surface area contributed by atoms with Crippen LogP contribution in [-0.4, -0.2) is 76.8 Å². The second-order valence-corrected chi connectivity index (χ2v) is 12.7. The predicted molar refractivity (Wildman–Crippen MR) is 181 cm³/mol. The minimum Gasteiger partial charge on any atom is -0.493 e. The van der Waals surface area contributed by atoms with Crippen molar-refractivity contribution in [3.63, 3.8) is 0 Å². The fourth-order valence-corrected chi connectivity index (χ4v) is 7.00. The van der Waals surface area contributed by atoms with Crippen molar-refractivity contribution in [1.82, 2.24) is 10.3 Å². The number of nitrogens with one attached hydrogen (secondary N) is 1. The molecule has 0 bridgehead atoms. The lowest BCUT2D eigenvalue weighted by Crippen LogP contribution is -2.28. The molecule has 12 heteroatoms. The van der Waals surface area contributed by atoms with Crippen molar-refractivity contribution >= 4 is 17.2 Å². The van der Waals surface area contributed by atoms with Crippen LogP contribution in [0.25, 0.3) is 21.0 Å². The van der Waals surface area contributed by atoms with Crippen molar-refractivity contribution in [2.24, 2.45) is 5.11 Å². The van der Waals surface area contributed by atoms with Crippen molar-refractivity contribution in [1.29, 1.82) is 0 Å². The van der Waals surface area contributed by atoms with E-state index in [2.05, 4.69) is 39.6 Å². The van der Waals surface area contributed by atoms with E-state index in [1.54, 1.807) is 0 Å². The van der Waals surface area contributed by atoms with Crippen LogP contribution < -0.4 is 14.8 Å². The summed E-state index contributed by atoms with van der Waals surface area (Å²) in [5.74, 6) is 1.99. The number of rotatable bonds is 21. The van der Waals surface area contributed by atoms with Gasteiger partial charge < -0.3 is 29.0 Å². The van der Waals surface area contributed by atoms with E-state index >= 15 is 0 Å². The number of carbonyl (C=O) groups excluding carboxylic acids is 1. The molecule has 2 aliphatic carbocycles. The molecule has 252 valence electrons. The van der Waals surface area contributed by atoms with E-state index in [1.165, 1.54) is 41.0 Å². The maximum Gasteiger partial charge on any atom is 0.220 e. The minimum absolute atomic E-state index is 0.0393. The van der Waals surface area contributed by atoms with Crippen molar-refractivity contribution in [2.45, 2.75) is 57.3 Å². The fraction of sp³-hybridized carbons (Fsp3) is 0.543. The molecule has 5 rings (SSSR count). The molecule has 47 heavy (non-hydrogen) atoms. The largest absolute Gasteiger partial charge is 0.493 e. The van der Waals surface area contributed by atoms with Crippen molar-refractivity contribution in [3.05, 3.63) is 74.6 Å². The molecule has 2 aromatic carbocycles. The summed E-state index contributed by atoms with van der Waals surface area (Å²) >= 11 is 1.83. The van der Waals surface area contributed by atoms with Gasteiger partial charge in [0, 0.05) is 41.3 Å². The second-order valence-electron chi connectivity index (χ2n) is 11.6. The quantitative estimate of drug-likeness (QED) is 0.0600. The lowest BCUT2D eigenvalue weighted by molar-refractivity contribution is -0.121. The van der Waals surface area contributed by atoms with Gasteiger partial charge in [-0.2, -0.15) is 0 Å². The van der Waals surface area contributed by atoms with Gasteiger partial charge >= 0.3 is 0 Å². The first-order valence-corrected chi connectivity index (χ1v) is 17.5. The van der Waals surface area contributed by atoms with Crippen LogP contribution in [-0.2, 0) is 38.3 Å². The van der Waals surface area contributed by atoms with Crippen LogP contribution in [0.5, 0.6) is 11.5 Å². The Morgan fingerprint density at radius 3 is 2.40 bits per heavy atom. The van der Waals surface area contributed by atoms with E-state index in [-0.39, 0.29) is 11.8 Å². The topological polar surface area (TPSA) is 137 Å². The lowest BCUT2D eigenvalue weighted by Gasteiger charge is -2.13. The number of thiazole rings is 1. The first-order chi connectivity index (χ1) is 23.2. The monoisotopic (exact) mass is 663 g/mol. The van der Waals surface area contributed by atoms with Crippen LogP contribution in [0.4, 0.5) is 0 Å². The van der Waals surface area contributed by atoms with E-state index in [0.29, 0.717) is 72.4 Å². The standard InChI is InChI=1S/C35H45N5O6S/c36-40-38-15-19-43-21-23-44-22-20-42-18-14-37-34(41)25-28-7-6-27-24-30(12-13-31(27)28)46-17-3-16-45-29-10-8-26(9-11-29)35-39-32-4-1-2-5-33(32)47-35/h8-13,24,28H,1-7,14-23,25H2,(H,37,41)/t28-/m0/s1. The Morgan fingerprint density at radius 1 is 0.894 bits per heavy atom. The number of aryl methyl sites for hydroxylation is 3. The summed E-state index contributed by atoms with van der Waals surface area (Å²) in [7, 11) is 0. The molecule has 1 atom stereocenters. The highest BCUT2D eigenvalue weighted by atomic mass is 32.1. The van der Waals surface area contributed by atoms with Gasteiger partial charge in [0.15, 0.2) is 0 Å². The van der Waals surface area contributed by atoms with Crippen molar-refractivity contribution in [2.75, 3.05) is 65.9 Å². The Kier molecular flexibility index (Phi) is 14.2. The van der Waals surface area contributed by atoms with E-state index in [0.717, 1.165) is 47.8 Å². The molecule has 0 spiro atoms. The van der Waals surface area contributed by atoms with Gasteiger partial charge in [-0.25, -0.2) is 4.98 Å². The number of amides is 1. The van der Waals surface area contributed by atoms with Crippen LogP contribution in [0, 0.1) is 0 Å². The summed E-state index contributed by atoms with van der Waals surface area (Å²) in [6.07, 6.45) is 7.98. The third-order valence-electron chi connectivity index (χ3n) is 8.23. The van der Waals surface area contributed by atoms with E-state index in [1.807, 2.05) is 29.5 Å². The third kappa shape index (κ3) is 11.2. The summed E-state index contributed by atoms with van der Waals surface area (Å²) in [5, 5.41) is 7.46. The van der Waals surface area contributed by atoms with Crippen LogP contribution >= 0.6 is 11.3 Å². The Bertz CT molecular complexity index is 1440. The Morgan fingerprint density at radius 2 is 1.62 bits per heavy atom. The number of carbonyl (C=O) groups is 1. The molecular weight excluding hydrogens is 618 g/mol. The highest BCUT2D eigenvalue weighted by Gasteiger charge is 2.25. The average Bonchev–Trinajstić information content (AvgIpc) is 3.71. The van der Waals surface area contributed by atoms with Gasteiger partial charge in [0.05, 0.1) is 58.5 Å². The van der Waals surface area contributed by atoms with Crippen LogP contribution in [0.15, 0.2) is 47.6 Å². The summed E-state index contributed by atoms with van der Waals surface area (Å²) in [5.41, 5.74) is 13.1. The highest BCUT2D eigenvalue weighted by Crippen LogP contribution is 2.37. The molecule has 1 N–H and O–H groups in total. The van der Waals surface area contributed by atoms with E-state index in [9.17, 15) is 4.79 Å². The number of aromatic nitrogens is 1. The second kappa shape index (κ2) is 19.2. The zero-order valence-electron chi connectivity index (χ0n) is 27.0. The molecule has 1 heterocycles. The number of fused-ring (bicyclic) bond motifs is 2. The Balaban J connectivity index is 0.906. The molecule has 3 aromatic rings. The van der Waals surface area contributed by atoms with Crippen LogP contribution in [0.2, 0.25) is 0 Å². The van der Waals surface area contributed by atoms with Crippen molar-refractivity contribution < 1.29 is 28.5 Å². The molecule has 0 aliphatic heterocycles. The van der Waals surface area contributed by atoms with Crippen LogP contribution in [0.1, 0.15) is 59.7 Å². The number of ether oxygens (including phenoxy) is 5. The molecule has 0 radical (unpaired) electrons. The van der Waals surface area contributed by atoms with Gasteiger partial charge in [0.25, 0.3) is 0 Å². The molecule has 0 saturated heterocycles. The first kappa shape index (κ1) is 34.7. The zero-order chi connectivity index (χ0) is 32.5. The summed E-state index contributed by atoms with van der Waals surface area (Å²) < 4.78 is 28.2. The third-order valence-corrected chi connectivity index (χ3v) is 9.44. The number of nitrogens with zero attached hydrogens (tertiary/aromatic N) is 4. The molecule has 11 nitrogen and oxygen atoms in total. The zero-order valence-corrected chi connectivity index (χ0v) is 27.8.